The summed E-state index contributed by atoms with van der Waals surface area (Å²) in [6.45, 7) is 1.33. The fourth-order valence-corrected chi connectivity index (χ4v) is 2.46. The van der Waals surface area contributed by atoms with E-state index in [1.807, 2.05) is 0 Å². The van der Waals surface area contributed by atoms with Crippen LogP contribution in [-0.2, 0) is 19.6 Å². The molecular formula is C10H12N2O6S. The normalized spacial score (nSPS) is 12.7. The van der Waals surface area contributed by atoms with E-state index in [9.17, 15) is 23.3 Å². The second kappa shape index (κ2) is 5.76. The number of sulfonamides is 1. The highest BCUT2D eigenvalue weighted by atomic mass is 32.2. The number of nitro groups is 1. The van der Waals surface area contributed by atoms with Crippen LogP contribution in [0.4, 0.5) is 5.69 Å². The Bertz CT molecular complexity index is 581. The number of non-ortho nitro benzene ring substituents is 1. The predicted octanol–water partition coefficient (Wildman–Crippen LogP) is 0.435. The van der Waals surface area contributed by atoms with Crippen molar-refractivity contribution >= 4 is 21.7 Å². The van der Waals surface area contributed by atoms with Gasteiger partial charge in [-0.25, -0.2) is 8.42 Å². The molecule has 19 heavy (non-hydrogen) atoms. The van der Waals surface area contributed by atoms with Gasteiger partial charge in [-0.15, -0.1) is 0 Å². The van der Waals surface area contributed by atoms with Gasteiger partial charge in [-0.3, -0.25) is 14.9 Å². The first-order valence-electron chi connectivity index (χ1n) is 5.12. The maximum Gasteiger partial charge on any atom is 0.323 e. The molecule has 0 aliphatic heterocycles. The van der Waals surface area contributed by atoms with E-state index < -0.39 is 27.0 Å². The van der Waals surface area contributed by atoms with Gasteiger partial charge in [-0.05, 0) is 19.1 Å². The van der Waals surface area contributed by atoms with Crippen LogP contribution in [0, 0.1) is 10.1 Å². The summed E-state index contributed by atoms with van der Waals surface area (Å²) in [6.07, 6.45) is 0. The van der Waals surface area contributed by atoms with Crippen molar-refractivity contribution in [2.24, 2.45) is 0 Å². The first-order valence-corrected chi connectivity index (χ1v) is 6.61. The third-order valence-electron chi connectivity index (χ3n) is 2.24. The molecule has 0 aliphatic rings. The topological polar surface area (TPSA) is 116 Å². The summed E-state index contributed by atoms with van der Waals surface area (Å²) in [6, 6.07) is 3.26. The largest absolute Gasteiger partial charge is 0.468 e. The molecule has 0 aromatic heterocycles. The Balaban J connectivity index is 2.94. The maximum absolute atomic E-state index is 11.9. The SMILES string of the molecule is COC(=O)C(C)NS(=O)(=O)c1ccc([N+](=O)[O-])cc1. The second-order valence-corrected chi connectivity index (χ2v) is 5.33. The lowest BCUT2D eigenvalue weighted by Gasteiger charge is -2.11. The summed E-state index contributed by atoms with van der Waals surface area (Å²) in [5.41, 5.74) is -0.222. The molecule has 0 amide bonds. The molecule has 1 N–H and O–H groups in total. The van der Waals surface area contributed by atoms with Crippen LogP contribution < -0.4 is 4.72 Å². The van der Waals surface area contributed by atoms with Crippen LogP contribution in [0.5, 0.6) is 0 Å². The van der Waals surface area contributed by atoms with Crippen LogP contribution >= 0.6 is 0 Å². The zero-order valence-corrected chi connectivity index (χ0v) is 11.0. The van der Waals surface area contributed by atoms with Crippen molar-refractivity contribution in [3.05, 3.63) is 34.4 Å². The number of rotatable bonds is 5. The second-order valence-electron chi connectivity index (χ2n) is 3.62. The standard InChI is InChI=1S/C10H12N2O6S/c1-7(10(13)18-2)11-19(16,17)9-5-3-8(4-6-9)12(14)15/h3-7,11H,1-2H3. The lowest BCUT2D eigenvalue weighted by molar-refractivity contribution is -0.384. The van der Waals surface area contributed by atoms with Crippen molar-refractivity contribution in [2.45, 2.75) is 17.9 Å². The molecule has 1 unspecified atom stereocenters. The molecule has 1 aromatic carbocycles. The van der Waals surface area contributed by atoms with Gasteiger partial charge in [-0.2, -0.15) is 4.72 Å². The number of nitro benzene ring substituents is 1. The van der Waals surface area contributed by atoms with Gasteiger partial charge in [0.2, 0.25) is 10.0 Å². The van der Waals surface area contributed by atoms with E-state index in [2.05, 4.69) is 9.46 Å². The van der Waals surface area contributed by atoms with Gasteiger partial charge in [0.1, 0.15) is 6.04 Å². The molecular weight excluding hydrogens is 276 g/mol. The van der Waals surface area contributed by atoms with Gasteiger partial charge in [0.15, 0.2) is 0 Å². The lowest BCUT2D eigenvalue weighted by Crippen LogP contribution is -2.39. The van der Waals surface area contributed by atoms with Crippen LogP contribution in [0.25, 0.3) is 0 Å². The third kappa shape index (κ3) is 3.73. The quantitative estimate of drug-likeness (QED) is 0.477. The first-order chi connectivity index (χ1) is 8.77. The van der Waals surface area contributed by atoms with Crippen molar-refractivity contribution in [3.63, 3.8) is 0 Å². The summed E-state index contributed by atoms with van der Waals surface area (Å²) in [5.74, 6) is -0.731. The molecule has 1 aromatic rings. The molecule has 9 heteroatoms. The number of esters is 1. The van der Waals surface area contributed by atoms with Crippen LogP contribution in [0.3, 0.4) is 0 Å². The molecule has 0 bridgehead atoms. The summed E-state index contributed by atoms with van der Waals surface area (Å²) >= 11 is 0. The minimum atomic E-state index is -3.93. The van der Waals surface area contributed by atoms with E-state index in [1.54, 1.807) is 0 Å². The third-order valence-corrected chi connectivity index (χ3v) is 3.80. The Hall–Kier alpha value is -2.00. The minimum absolute atomic E-state index is 0.172. The molecule has 104 valence electrons. The Morgan fingerprint density at radius 3 is 2.32 bits per heavy atom. The minimum Gasteiger partial charge on any atom is -0.468 e. The number of hydrogen-bond acceptors (Lipinski definition) is 6. The van der Waals surface area contributed by atoms with Gasteiger partial charge >= 0.3 is 5.97 Å². The van der Waals surface area contributed by atoms with E-state index in [4.69, 9.17) is 0 Å². The molecule has 1 rings (SSSR count). The Labute approximate surface area is 109 Å². The van der Waals surface area contributed by atoms with Gasteiger partial charge in [0.25, 0.3) is 5.69 Å². The van der Waals surface area contributed by atoms with Crippen molar-refractivity contribution < 1.29 is 22.9 Å². The molecule has 0 fully saturated rings. The van der Waals surface area contributed by atoms with Crippen LogP contribution in [0.2, 0.25) is 0 Å². The monoisotopic (exact) mass is 288 g/mol. The molecule has 0 saturated carbocycles. The highest BCUT2D eigenvalue weighted by Gasteiger charge is 2.22. The summed E-state index contributed by atoms with van der Waals surface area (Å²) < 4.78 is 30.2. The van der Waals surface area contributed by atoms with Gasteiger partial charge in [0.05, 0.1) is 16.9 Å². The highest BCUT2D eigenvalue weighted by Crippen LogP contribution is 2.15. The first kappa shape index (κ1) is 15.1. The average Bonchev–Trinajstić information content (AvgIpc) is 2.37. The van der Waals surface area contributed by atoms with E-state index in [-0.39, 0.29) is 10.6 Å². The Kier molecular flexibility index (Phi) is 4.57. The average molecular weight is 288 g/mol. The molecule has 0 heterocycles. The van der Waals surface area contributed by atoms with E-state index in [1.165, 1.54) is 6.92 Å². The van der Waals surface area contributed by atoms with Gasteiger partial charge in [-0.1, -0.05) is 0 Å². The van der Waals surface area contributed by atoms with Gasteiger partial charge < -0.3 is 4.74 Å². The summed E-state index contributed by atoms with van der Waals surface area (Å²) in [4.78, 5) is 20.8. The number of carbonyl (C=O) groups is 1. The summed E-state index contributed by atoms with van der Waals surface area (Å²) in [7, 11) is -2.79. The van der Waals surface area contributed by atoms with Crippen LogP contribution in [0.1, 0.15) is 6.92 Å². The van der Waals surface area contributed by atoms with Crippen LogP contribution in [0.15, 0.2) is 29.2 Å². The van der Waals surface area contributed by atoms with E-state index >= 15 is 0 Å². The van der Waals surface area contributed by atoms with Crippen LogP contribution in [-0.4, -0.2) is 32.5 Å². The smallest absolute Gasteiger partial charge is 0.323 e. The molecule has 1 atom stereocenters. The molecule has 0 radical (unpaired) electrons. The van der Waals surface area contributed by atoms with E-state index in [0.29, 0.717) is 0 Å². The van der Waals surface area contributed by atoms with Crippen molar-refractivity contribution in [1.82, 2.24) is 4.72 Å². The van der Waals surface area contributed by atoms with E-state index in [0.717, 1.165) is 31.4 Å². The fraction of sp³-hybridized carbons (Fsp3) is 0.300. The number of nitrogens with one attached hydrogen (secondary N) is 1. The number of benzene rings is 1. The summed E-state index contributed by atoms with van der Waals surface area (Å²) in [5, 5.41) is 10.4. The number of hydrogen-bond donors (Lipinski definition) is 1. The lowest BCUT2D eigenvalue weighted by atomic mass is 10.3. The number of nitrogens with zero attached hydrogens (tertiary/aromatic N) is 1. The fourth-order valence-electron chi connectivity index (χ4n) is 1.27. The predicted molar refractivity (Wildman–Crippen MR) is 64.9 cm³/mol. The number of ether oxygens (including phenoxy) is 1. The van der Waals surface area contributed by atoms with Crippen molar-refractivity contribution in [2.75, 3.05) is 7.11 Å². The van der Waals surface area contributed by atoms with Gasteiger partial charge in [0, 0.05) is 12.1 Å². The zero-order valence-electron chi connectivity index (χ0n) is 10.2. The molecule has 0 aliphatic carbocycles. The maximum atomic E-state index is 11.9. The van der Waals surface area contributed by atoms with Crippen molar-refractivity contribution in [3.8, 4) is 0 Å². The molecule has 8 nitrogen and oxygen atoms in total. The Morgan fingerprint density at radius 1 is 1.37 bits per heavy atom. The number of methoxy groups -OCH3 is 1. The molecule has 0 saturated heterocycles. The molecule has 0 spiro atoms. The van der Waals surface area contributed by atoms with Crippen molar-refractivity contribution in [1.29, 1.82) is 0 Å². The number of carbonyl (C=O) groups excluding carboxylic acids is 1. The Morgan fingerprint density at radius 2 is 1.89 bits per heavy atom. The highest BCUT2D eigenvalue weighted by molar-refractivity contribution is 7.89. The zero-order chi connectivity index (χ0) is 14.6.